The fraction of sp³-hybridized carbons (Fsp3) is 0.533. The van der Waals surface area contributed by atoms with E-state index in [1.54, 1.807) is 7.11 Å². The van der Waals surface area contributed by atoms with Crippen LogP contribution in [0.3, 0.4) is 0 Å². The Labute approximate surface area is 129 Å². The summed E-state index contributed by atoms with van der Waals surface area (Å²) < 4.78 is 12.7. The zero-order chi connectivity index (χ0) is 15.5. The zero-order valence-corrected chi connectivity index (χ0v) is 13.2. The van der Waals surface area contributed by atoms with Crippen LogP contribution in [-0.4, -0.2) is 46.6 Å². The molecule has 0 saturated carbocycles. The van der Waals surface area contributed by atoms with Gasteiger partial charge in [-0.25, -0.2) is 9.97 Å². The van der Waals surface area contributed by atoms with Gasteiger partial charge in [0, 0.05) is 50.5 Å². The van der Waals surface area contributed by atoms with E-state index in [0.29, 0.717) is 19.1 Å². The van der Waals surface area contributed by atoms with Crippen LogP contribution in [0.2, 0.25) is 0 Å². The Morgan fingerprint density at radius 1 is 1.36 bits per heavy atom. The van der Waals surface area contributed by atoms with Gasteiger partial charge in [-0.3, -0.25) is 4.68 Å². The van der Waals surface area contributed by atoms with Crippen LogP contribution in [0, 0.1) is 0 Å². The van der Waals surface area contributed by atoms with Gasteiger partial charge in [-0.2, -0.15) is 5.10 Å². The van der Waals surface area contributed by atoms with Gasteiger partial charge in [0.25, 0.3) is 0 Å². The van der Waals surface area contributed by atoms with E-state index < -0.39 is 0 Å². The summed E-state index contributed by atoms with van der Waals surface area (Å²) in [4.78, 5) is 10.7. The van der Waals surface area contributed by atoms with E-state index in [0.717, 1.165) is 24.6 Å². The maximum Gasteiger partial charge on any atom is 0.218 e. The minimum Gasteiger partial charge on any atom is -0.481 e. The fourth-order valence-corrected chi connectivity index (χ4v) is 2.82. The number of fused-ring (bicyclic) bond motifs is 1. The minimum atomic E-state index is 0.242. The molecule has 0 unspecified atom stereocenters. The zero-order valence-electron chi connectivity index (χ0n) is 13.2. The quantitative estimate of drug-likeness (QED) is 0.831. The Hall–Kier alpha value is -2.15. The largest absolute Gasteiger partial charge is 0.481 e. The molecule has 0 aromatic carbocycles. The summed E-state index contributed by atoms with van der Waals surface area (Å²) in [5.74, 6) is 1.68. The van der Waals surface area contributed by atoms with Gasteiger partial charge in [-0.15, -0.1) is 0 Å². The highest BCUT2D eigenvalue weighted by molar-refractivity contribution is 5.45. The number of aryl methyl sites for hydroxylation is 1. The SMILES string of the molecule is CCOC[C@@H]1CN(c2cc(OC)ncn2)Cc2cn(C)nc21. The van der Waals surface area contributed by atoms with Crippen LogP contribution in [0.1, 0.15) is 24.1 Å². The van der Waals surface area contributed by atoms with E-state index in [4.69, 9.17) is 9.47 Å². The molecule has 3 rings (SSSR count). The standard InChI is InChI=1S/C15H21N5O2/c1-4-22-9-12-8-20(7-11-6-19(2)18-15(11)12)13-5-14(21-3)17-10-16-13/h5-6,10,12H,4,7-9H2,1-3H3/t12-/m0/s1. The maximum absolute atomic E-state index is 5.63. The van der Waals surface area contributed by atoms with Gasteiger partial charge >= 0.3 is 0 Å². The van der Waals surface area contributed by atoms with Crippen molar-refractivity contribution in [2.24, 2.45) is 7.05 Å². The number of hydrogen-bond acceptors (Lipinski definition) is 6. The van der Waals surface area contributed by atoms with Crippen molar-refractivity contribution in [2.75, 3.05) is 31.8 Å². The molecule has 0 bridgehead atoms. The summed E-state index contributed by atoms with van der Waals surface area (Å²) in [6.45, 7) is 4.99. The first-order valence-electron chi connectivity index (χ1n) is 7.42. The lowest BCUT2D eigenvalue weighted by Gasteiger charge is -2.32. The second-order valence-electron chi connectivity index (χ2n) is 5.37. The van der Waals surface area contributed by atoms with Crippen molar-refractivity contribution in [1.82, 2.24) is 19.7 Å². The van der Waals surface area contributed by atoms with Crippen LogP contribution < -0.4 is 9.64 Å². The van der Waals surface area contributed by atoms with Gasteiger partial charge in [0.15, 0.2) is 0 Å². The van der Waals surface area contributed by atoms with Gasteiger partial charge in [0.05, 0.1) is 19.4 Å². The van der Waals surface area contributed by atoms with Crippen molar-refractivity contribution in [2.45, 2.75) is 19.4 Å². The predicted molar refractivity (Wildman–Crippen MR) is 82.1 cm³/mol. The summed E-state index contributed by atoms with van der Waals surface area (Å²) in [6.07, 6.45) is 3.60. The number of nitrogens with zero attached hydrogens (tertiary/aromatic N) is 5. The molecule has 0 N–H and O–H groups in total. The van der Waals surface area contributed by atoms with Crippen LogP contribution >= 0.6 is 0 Å². The van der Waals surface area contributed by atoms with Crippen LogP contribution in [0.15, 0.2) is 18.6 Å². The first-order chi connectivity index (χ1) is 10.7. The second kappa shape index (κ2) is 6.31. The molecule has 0 spiro atoms. The molecule has 0 radical (unpaired) electrons. The topological polar surface area (TPSA) is 65.3 Å². The van der Waals surface area contributed by atoms with Crippen molar-refractivity contribution < 1.29 is 9.47 Å². The summed E-state index contributed by atoms with van der Waals surface area (Å²) in [7, 11) is 3.56. The van der Waals surface area contributed by atoms with Crippen molar-refractivity contribution in [3.8, 4) is 5.88 Å². The molecule has 1 aliphatic heterocycles. The molecule has 0 fully saturated rings. The van der Waals surface area contributed by atoms with Gasteiger partial charge < -0.3 is 14.4 Å². The Balaban J connectivity index is 1.88. The molecular formula is C15H21N5O2. The number of methoxy groups -OCH3 is 1. The average Bonchev–Trinajstić information content (AvgIpc) is 2.92. The summed E-state index contributed by atoms with van der Waals surface area (Å²) in [5, 5.41) is 4.60. The molecule has 2 aromatic rings. The van der Waals surface area contributed by atoms with E-state index >= 15 is 0 Å². The number of aromatic nitrogens is 4. The minimum absolute atomic E-state index is 0.242. The van der Waals surface area contributed by atoms with Gasteiger partial charge in [-0.05, 0) is 6.92 Å². The first-order valence-corrected chi connectivity index (χ1v) is 7.42. The number of ether oxygens (including phenoxy) is 2. The van der Waals surface area contributed by atoms with E-state index in [-0.39, 0.29) is 5.92 Å². The molecule has 0 amide bonds. The van der Waals surface area contributed by atoms with Gasteiger partial charge in [-0.1, -0.05) is 0 Å². The van der Waals surface area contributed by atoms with Crippen LogP contribution in [0.5, 0.6) is 5.88 Å². The molecule has 22 heavy (non-hydrogen) atoms. The highest BCUT2D eigenvalue weighted by Gasteiger charge is 2.29. The normalized spacial score (nSPS) is 17.4. The smallest absolute Gasteiger partial charge is 0.218 e. The van der Waals surface area contributed by atoms with Crippen molar-refractivity contribution in [3.63, 3.8) is 0 Å². The van der Waals surface area contributed by atoms with Crippen LogP contribution in [0.4, 0.5) is 5.82 Å². The molecular weight excluding hydrogens is 282 g/mol. The van der Waals surface area contributed by atoms with Gasteiger partial charge in [0.1, 0.15) is 12.1 Å². The monoisotopic (exact) mass is 303 g/mol. The Morgan fingerprint density at radius 3 is 3.00 bits per heavy atom. The Morgan fingerprint density at radius 2 is 2.23 bits per heavy atom. The molecule has 0 aliphatic carbocycles. The van der Waals surface area contributed by atoms with Crippen LogP contribution in [0.25, 0.3) is 0 Å². The van der Waals surface area contributed by atoms with E-state index in [1.165, 1.54) is 11.9 Å². The Bertz CT molecular complexity index is 643. The second-order valence-corrected chi connectivity index (χ2v) is 5.37. The third kappa shape index (κ3) is 2.89. The van der Waals surface area contributed by atoms with E-state index in [9.17, 15) is 0 Å². The summed E-state index contributed by atoms with van der Waals surface area (Å²) in [6, 6.07) is 1.86. The average molecular weight is 303 g/mol. The molecule has 118 valence electrons. The van der Waals surface area contributed by atoms with E-state index in [2.05, 4.69) is 26.2 Å². The summed E-state index contributed by atoms with van der Waals surface area (Å²) in [5.41, 5.74) is 2.35. The highest BCUT2D eigenvalue weighted by Crippen LogP contribution is 2.30. The third-order valence-corrected chi connectivity index (χ3v) is 3.81. The molecule has 7 nitrogen and oxygen atoms in total. The highest BCUT2D eigenvalue weighted by atomic mass is 16.5. The van der Waals surface area contributed by atoms with Crippen molar-refractivity contribution in [1.29, 1.82) is 0 Å². The molecule has 0 saturated heterocycles. The fourth-order valence-electron chi connectivity index (χ4n) is 2.82. The molecule has 1 atom stereocenters. The number of anilines is 1. The maximum atomic E-state index is 5.63. The lowest BCUT2D eigenvalue weighted by molar-refractivity contribution is 0.130. The van der Waals surface area contributed by atoms with Crippen LogP contribution in [-0.2, 0) is 18.3 Å². The van der Waals surface area contributed by atoms with Crippen molar-refractivity contribution in [3.05, 3.63) is 29.8 Å². The van der Waals surface area contributed by atoms with Gasteiger partial charge in [0.2, 0.25) is 5.88 Å². The number of hydrogen-bond donors (Lipinski definition) is 0. The molecule has 3 heterocycles. The lowest BCUT2D eigenvalue weighted by Crippen LogP contribution is -2.35. The summed E-state index contributed by atoms with van der Waals surface area (Å²) >= 11 is 0. The molecule has 7 heteroatoms. The molecule has 2 aromatic heterocycles. The molecule has 1 aliphatic rings. The van der Waals surface area contributed by atoms with E-state index in [1.807, 2.05) is 24.7 Å². The lowest BCUT2D eigenvalue weighted by atomic mass is 9.97. The predicted octanol–water partition coefficient (Wildman–Crippen LogP) is 1.36. The Kier molecular flexibility index (Phi) is 4.24. The number of rotatable bonds is 5. The van der Waals surface area contributed by atoms with Crippen molar-refractivity contribution >= 4 is 5.82 Å². The third-order valence-electron chi connectivity index (χ3n) is 3.81. The first kappa shape index (κ1) is 14.8.